The molecule has 52 valence electrons. The number of carbonyl (C=O) groups excluding carboxylic acids is 2. The molecule has 0 radical (unpaired) electrons. The van der Waals surface area contributed by atoms with E-state index in [0.29, 0.717) is 6.29 Å². The zero-order valence-electron chi connectivity index (χ0n) is 5.92. The van der Waals surface area contributed by atoms with E-state index in [2.05, 4.69) is 0 Å². The molecule has 3 heteroatoms. The lowest BCUT2D eigenvalue weighted by Gasteiger charge is -2.10. The first-order valence-corrected chi connectivity index (χ1v) is 2.76. The van der Waals surface area contributed by atoms with Gasteiger partial charge in [0.25, 0.3) is 0 Å². The molecule has 0 aliphatic carbocycles. The number of aldehydes is 1. The summed E-state index contributed by atoms with van der Waals surface area (Å²) in [7, 11) is 3.25. The van der Waals surface area contributed by atoms with Crippen molar-refractivity contribution < 1.29 is 9.59 Å². The zero-order valence-corrected chi connectivity index (χ0v) is 5.92. The fourth-order valence-electron chi connectivity index (χ4n) is 0.465. The Morgan fingerprint density at radius 3 is 2.11 bits per heavy atom. The highest BCUT2D eigenvalue weighted by Gasteiger charge is 2.12. The molecule has 0 aliphatic rings. The summed E-state index contributed by atoms with van der Waals surface area (Å²) in [5, 5.41) is 0. The molecular weight excluding hydrogens is 118 g/mol. The van der Waals surface area contributed by atoms with Crippen LogP contribution in [-0.2, 0) is 9.59 Å². The molecule has 0 fully saturated rings. The minimum Gasteiger partial charge on any atom is -0.348 e. The second-order valence-electron chi connectivity index (χ2n) is 2.16. The van der Waals surface area contributed by atoms with Crippen LogP contribution in [0.2, 0.25) is 0 Å². The van der Waals surface area contributed by atoms with E-state index in [4.69, 9.17) is 0 Å². The predicted octanol–water partition coefficient (Wildman–Crippen LogP) is -0.0904. The Morgan fingerprint density at radius 1 is 1.56 bits per heavy atom. The first kappa shape index (κ1) is 8.14. The van der Waals surface area contributed by atoms with Crippen LogP contribution in [0, 0.1) is 5.92 Å². The monoisotopic (exact) mass is 129 g/mol. The number of amides is 1. The van der Waals surface area contributed by atoms with Crippen molar-refractivity contribution in [3.63, 3.8) is 0 Å². The lowest BCUT2D eigenvalue weighted by Crippen LogP contribution is -2.28. The van der Waals surface area contributed by atoms with Gasteiger partial charge in [-0.25, -0.2) is 0 Å². The Balaban J connectivity index is 3.87. The highest BCUT2D eigenvalue weighted by atomic mass is 16.2. The Kier molecular flexibility index (Phi) is 2.91. The lowest BCUT2D eigenvalue weighted by atomic mass is 10.2. The molecule has 0 aliphatic heterocycles. The van der Waals surface area contributed by atoms with Gasteiger partial charge in [0.1, 0.15) is 6.29 Å². The largest absolute Gasteiger partial charge is 0.348 e. The smallest absolute Gasteiger partial charge is 0.232 e. The summed E-state index contributed by atoms with van der Waals surface area (Å²) in [5.74, 6) is -0.648. The summed E-state index contributed by atoms with van der Waals surface area (Å²) in [6.45, 7) is 1.58. The summed E-state index contributed by atoms with van der Waals surface area (Å²) in [6.07, 6.45) is 0.641. The Morgan fingerprint density at radius 2 is 2.00 bits per heavy atom. The van der Waals surface area contributed by atoms with Crippen molar-refractivity contribution in [1.29, 1.82) is 0 Å². The van der Waals surface area contributed by atoms with Gasteiger partial charge in [-0.15, -0.1) is 0 Å². The number of carbonyl (C=O) groups is 2. The maximum absolute atomic E-state index is 10.8. The Hall–Kier alpha value is -0.860. The topological polar surface area (TPSA) is 37.4 Å². The van der Waals surface area contributed by atoms with Crippen molar-refractivity contribution in [2.75, 3.05) is 14.1 Å². The molecule has 0 unspecified atom stereocenters. The van der Waals surface area contributed by atoms with E-state index in [-0.39, 0.29) is 5.91 Å². The van der Waals surface area contributed by atoms with Crippen molar-refractivity contribution in [1.82, 2.24) is 4.90 Å². The molecule has 1 atom stereocenters. The molecule has 0 spiro atoms. The van der Waals surface area contributed by atoms with Gasteiger partial charge in [-0.2, -0.15) is 0 Å². The fourth-order valence-corrected chi connectivity index (χ4v) is 0.465. The normalized spacial score (nSPS) is 12.3. The molecule has 9 heavy (non-hydrogen) atoms. The summed E-state index contributed by atoms with van der Waals surface area (Å²) in [6, 6.07) is 0. The van der Waals surface area contributed by atoms with Crippen LogP contribution in [0.1, 0.15) is 6.92 Å². The second kappa shape index (κ2) is 3.22. The quantitative estimate of drug-likeness (QED) is 0.386. The molecule has 0 N–H and O–H groups in total. The second-order valence-corrected chi connectivity index (χ2v) is 2.16. The van der Waals surface area contributed by atoms with Crippen molar-refractivity contribution in [2.24, 2.45) is 5.92 Å². The first-order chi connectivity index (χ1) is 4.09. The van der Waals surface area contributed by atoms with Crippen molar-refractivity contribution >= 4 is 12.2 Å². The van der Waals surface area contributed by atoms with E-state index in [1.165, 1.54) is 4.90 Å². The van der Waals surface area contributed by atoms with E-state index in [9.17, 15) is 9.59 Å². The highest BCUT2D eigenvalue weighted by molar-refractivity contribution is 5.90. The Bertz CT molecular complexity index is 120. The molecular formula is C6H11NO2. The third kappa shape index (κ3) is 2.26. The molecule has 0 saturated carbocycles. The van der Waals surface area contributed by atoms with Crippen molar-refractivity contribution in [3.8, 4) is 0 Å². The lowest BCUT2D eigenvalue weighted by molar-refractivity contribution is -0.135. The van der Waals surface area contributed by atoms with Gasteiger partial charge in [-0.05, 0) is 6.92 Å². The van der Waals surface area contributed by atoms with E-state index < -0.39 is 5.92 Å². The molecule has 0 aromatic heterocycles. The summed E-state index contributed by atoms with van der Waals surface area (Å²) < 4.78 is 0. The van der Waals surface area contributed by atoms with Gasteiger partial charge in [0.2, 0.25) is 5.91 Å². The van der Waals surface area contributed by atoms with E-state index in [1.807, 2.05) is 0 Å². The third-order valence-corrected chi connectivity index (χ3v) is 1.03. The molecule has 0 bridgehead atoms. The van der Waals surface area contributed by atoms with Gasteiger partial charge in [0, 0.05) is 14.1 Å². The molecule has 0 aromatic carbocycles. The number of hydrogen-bond donors (Lipinski definition) is 0. The van der Waals surface area contributed by atoms with Crippen LogP contribution in [0.15, 0.2) is 0 Å². The summed E-state index contributed by atoms with van der Waals surface area (Å²) in [5.41, 5.74) is 0. The van der Waals surface area contributed by atoms with Crippen LogP contribution < -0.4 is 0 Å². The van der Waals surface area contributed by atoms with Crippen molar-refractivity contribution in [3.05, 3.63) is 0 Å². The fraction of sp³-hybridized carbons (Fsp3) is 0.667. The van der Waals surface area contributed by atoms with E-state index >= 15 is 0 Å². The van der Waals surface area contributed by atoms with Crippen LogP contribution in [-0.4, -0.2) is 31.2 Å². The molecule has 0 rings (SSSR count). The Labute approximate surface area is 54.6 Å². The van der Waals surface area contributed by atoms with Gasteiger partial charge >= 0.3 is 0 Å². The van der Waals surface area contributed by atoms with Gasteiger partial charge in [-0.1, -0.05) is 0 Å². The average molecular weight is 129 g/mol. The molecule has 1 amide bonds. The number of rotatable bonds is 2. The van der Waals surface area contributed by atoms with Gasteiger partial charge in [0.15, 0.2) is 0 Å². The van der Waals surface area contributed by atoms with Crippen LogP contribution in [0.5, 0.6) is 0 Å². The third-order valence-electron chi connectivity index (χ3n) is 1.03. The van der Waals surface area contributed by atoms with Crippen molar-refractivity contribution in [2.45, 2.75) is 6.92 Å². The SMILES string of the molecule is C[C@@H](C=O)C(=O)N(C)C. The summed E-state index contributed by atoms with van der Waals surface area (Å²) in [4.78, 5) is 22.2. The van der Waals surface area contributed by atoms with Gasteiger partial charge in [-0.3, -0.25) is 4.79 Å². The van der Waals surface area contributed by atoms with Gasteiger partial charge in [0.05, 0.1) is 5.92 Å². The maximum atomic E-state index is 10.8. The van der Waals surface area contributed by atoms with Crippen LogP contribution in [0.25, 0.3) is 0 Å². The number of nitrogens with zero attached hydrogens (tertiary/aromatic N) is 1. The minimum atomic E-state index is -0.500. The first-order valence-electron chi connectivity index (χ1n) is 2.76. The van der Waals surface area contributed by atoms with Gasteiger partial charge < -0.3 is 9.69 Å². The van der Waals surface area contributed by atoms with E-state index in [0.717, 1.165) is 0 Å². The zero-order chi connectivity index (χ0) is 7.44. The average Bonchev–Trinajstić information content (AvgIpc) is 1.84. The molecule has 3 nitrogen and oxygen atoms in total. The summed E-state index contributed by atoms with van der Waals surface area (Å²) >= 11 is 0. The molecule has 0 aromatic rings. The maximum Gasteiger partial charge on any atom is 0.232 e. The highest BCUT2D eigenvalue weighted by Crippen LogP contribution is 1.92. The standard InChI is InChI=1S/C6H11NO2/c1-5(4-8)6(9)7(2)3/h4-5H,1-3H3/t5-/m0/s1. The minimum absolute atomic E-state index is 0.148. The van der Waals surface area contributed by atoms with Crippen LogP contribution in [0.3, 0.4) is 0 Å². The van der Waals surface area contributed by atoms with Crippen LogP contribution in [0.4, 0.5) is 0 Å². The number of hydrogen-bond acceptors (Lipinski definition) is 2. The van der Waals surface area contributed by atoms with E-state index in [1.54, 1.807) is 21.0 Å². The van der Waals surface area contributed by atoms with Crippen LogP contribution >= 0.6 is 0 Å². The molecule has 0 heterocycles. The molecule has 0 saturated heterocycles. The predicted molar refractivity (Wildman–Crippen MR) is 33.9 cm³/mol.